The highest BCUT2D eigenvalue weighted by atomic mass is 32.1. The first-order chi connectivity index (χ1) is 7.99. The van der Waals surface area contributed by atoms with Gasteiger partial charge >= 0.3 is 0 Å². The van der Waals surface area contributed by atoms with E-state index in [0.717, 1.165) is 5.39 Å². The number of rotatable bonds is 1. The van der Waals surface area contributed by atoms with Crippen LogP contribution in [0.4, 0.5) is 11.4 Å². The lowest BCUT2D eigenvalue weighted by atomic mass is 10.1. The number of aromatic hydroxyl groups is 1. The number of carbonyl (C=O) groups is 1. The van der Waals surface area contributed by atoms with E-state index in [2.05, 4.69) is 17.9 Å². The molecule has 88 valence electrons. The number of anilines is 2. The van der Waals surface area contributed by atoms with Crippen LogP contribution in [0.2, 0.25) is 0 Å². The van der Waals surface area contributed by atoms with Gasteiger partial charge in [0, 0.05) is 22.9 Å². The van der Waals surface area contributed by atoms with Gasteiger partial charge in [0.05, 0.1) is 5.69 Å². The molecule has 0 bridgehead atoms. The Labute approximate surface area is 104 Å². The van der Waals surface area contributed by atoms with Gasteiger partial charge in [-0.25, -0.2) is 0 Å². The van der Waals surface area contributed by atoms with Crippen molar-refractivity contribution in [2.45, 2.75) is 11.8 Å². The van der Waals surface area contributed by atoms with Crippen molar-refractivity contribution in [1.29, 1.82) is 0 Å². The maximum Gasteiger partial charge on any atom is 0.221 e. The largest absolute Gasteiger partial charge is 0.505 e. The van der Waals surface area contributed by atoms with E-state index < -0.39 is 0 Å². The molecule has 2 aromatic rings. The summed E-state index contributed by atoms with van der Waals surface area (Å²) in [5, 5.41) is 13.9. The average molecular weight is 248 g/mol. The predicted molar refractivity (Wildman–Crippen MR) is 71.6 cm³/mol. The SMILES string of the molecule is CC(=O)Nc1ccc2c(O)c(N)c(S)cc2c1. The summed E-state index contributed by atoms with van der Waals surface area (Å²) >= 11 is 4.18. The van der Waals surface area contributed by atoms with Gasteiger partial charge in [-0.05, 0) is 29.7 Å². The van der Waals surface area contributed by atoms with E-state index >= 15 is 0 Å². The number of carbonyl (C=O) groups excluding carboxylic acids is 1. The number of benzene rings is 2. The summed E-state index contributed by atoms with van der Waals surface area (Å²) in [7, 11) is 0. The lowest BCUT2D eigenvalue weighted by Crippen LogP contribution is -2.05. The minimum absolute atomic E-state index is 0.0156. The van der Waals surface area contributed by atoms with Crippen molar-refractivity contribution in [3.05, 3.63) is 24.3 Å². The van der Waals surface area contributed by atoms with E-state index in [9.17, 15) is 9.90 Å². The molecule has 0 aliphatic carbocycles. The normalized spacial score (nSPS) is 10.5. The monoisotopic (exact) mass is 248 g/mol. The summed E-state index contributed by atoms with van der Waals surface area (Å²) in [5.74, 6) is -0.128. The van der Waals surface area contributed by atoms with Gasteiger partial charge in [0.15, 0.2) is 0 Å². The first kappa shape index (κ1) is 11.6. The maximum absolute atomic E-state index is 10.9. The number of phenols is 1. The van der Waals surface area contributed by atoms with Crippen LogP contribution < -0.4 is 11.1 Å². The van der Waals surface area contributed by atoms with Crippen molar-refractivity contribution in [2.24, 2.45) is 0 Å². The molecule has 0 unspecified atom stereocenters. The number of hydrogen-bond donors (Lipinski definition) is 4. The number of thiol groups is 1. The summed E-state index contributed by atoms with van der Waals surface area (Å²) in [6.07, 6.45) is 0. The molecule has 0 spiro atoms. The summed E-state index contributed by atoms with van der Waals surface area (Å²) in [4.78, 5) is 11.5. The topological polar surface area (TPSA) is 75.3 Å². The van der Waals surface area contributed by atoms with Gasteiger partial charge in [0.2, 0.25) is 5.91 Å². The molecule has 0 radical (unpaired) electrons. The fourth-order valence-electron chi connectivity index (χ4n) is 1.67. The number of hydrogen-bond acceptors (Lipinski definition) is 4. The number of nitrogen functional groups attached to an aromatic ring is 1. The molecule has 1 amide bonds. The van der Waals surface area contributed by atoms with Crippen molar-refractivity contribution >= 4 is 40.7 Å². The molecule has 4 nitrogen and oxygen atoms in total. The molecular formula is C12H12N2O2S. The van der Waals surface area contributed by atoms with Crippen molar-refractivity contribution in [3.8, 4) is 5.75 Å². The lowest BCUT2D eigenvalue weighted by Gasteiger charge is -2.09. The number of nitrogens with one attached hydrogen (secondary N) is 1. The van der Waals surface area contributed by atoms with E-state index in [-0.39, 0.29) is 17.3 Å². The van der Waals surface area contributed by atoms with Crippen LogP contribution in [-0.2, 0) is 4.79 Å². The molecule has 2 aromatic carbocycles. The number of fused-ring (bicyclic) bond motifs is 1. The average Bonchev–Trinajstić information content (AvgIpc) is 2.25. The van der Waals surface area contributed by atoms with Gasteiger partial charge < -0.3 is 16.2 Å². The van der Waals surface area contributed by atoms with Crippen LogP contribution in [0.3, 0.4) is 0 Å². The zero-order valence-corrected chi connectivity index (χ0v) is 10.1. The van der Waals surface area contributed by atoms with Crippen molar-refractivity contribution in [2.75, 3.05) is 11.1 Å². The van der Waals surface area contributed by atoms with E-state index in [1.165, 1.54) is 6.92 Å². The van der Waals surface area contributed by atoms with Gasteiger partial charge in [-0.1, -0.05) is 0 Å². The van der Waals surface area contributed by atoms with Crippen LogP contribution in [0.15, 0.2) is 29.2 Å². The third-order valence-corrected chi connectivity index (χ3v) is 2.82. The van der Waals surface area contributed by atoms with Gasteiger partial charge in [-0.2, -0.15) is 0 Å². The number of phenolic OH excluding ortho intramolecular Hbond substituents is 1. The molecule has 0 atom stereocenters. The Bertz CT molecular complexity index is 611. The molecule has 0 saturated carbocycles. The second-order valence-corrected chi connectivity index (χ2v) is 4.26. The summed E-state index contributed by atoms with van der Waals surface area (Å²) in [6.45, 7) is 1.44. The Morgan fingerprint density at radius 3 is 2.76 bits per heavy atom. The van der Waals surface area contributed by atoms with Gasteiger partial charge in [-0.15, -0.1) is 12.6 Å². The molecule has 0 aromatic heterocycles. The molecule has 0 aliphatic rings. The van der Waals surface area contributed by atoms with E-state index in [1.807, 2.05) is 0 Å². The second kappa shape index (κ2) is 4.18. The van der Waals surface area contributed by atoms with Crippen LogP contribution in [0.5, 0.6) is 5.75 Å². The highest BCUT2D eigenvalue weighted by Gasteiger charge is 2.08. The van der Waals surface area contributed by atoms with Crippen LogP contribution in [-0.4, -0.2) is 11.0 Å². The quantitative estimate of drug-likeness (QED) is 0.355. The third kappa shape index (κ3) is 2.14. The molecule has 0 heterocycles. The highest BCUT2D eigenvalue weighted by molar-refractivity contribution is 7.80. The molecule has 0 saturated heterocycles. The van der Waals surface area contributed by atoms with Crippen LogP contribution in [0.1, 0.15) is 6.92 Å². The first-order valence-corrected chi connectivity index (χ1v) is 5.45. The summed E-state index contributed by atoms with van der Waals surface area (Å²) < 4.78 is 0. The Morgan fingerprint density at radius 2 is 2.12 bits per heavy atom. The standard InChI is InChI=1S/C12H12N2O2S/c1-6(15)14-8-2-3-9-7(4-8)5-10(17)11(13)12(9)16/h2-5,16-17H,13H2,1H3,(H,14,15). The molecule has 17 heavy (non-hydrogen) atoms. The molecule has 0 aliphatic heterocycles. The molecular weight excluding hydrogens is 236 g/mol. The van der Waals surface area contributed by atoms with Gasteiger partial charge in [-0.3, -0.25) is 4.79 Å². The highest BCUT2D eigenvalue weighted by Crippen LogP contribution is 2.36. The van der Waals surface area contributed by atoms with E-state index in [0.29, 0.717) is 16.0 Å². The van der Waals surface area contributed by atoms with Gasteiger partial charge in [0.25, 0.3) is 0 Å². The predicted octanol–water partition coefficient (Wildman–Crippen LogP) is 2.37. The first-order valence-electron chi connectivity index (χ1n) is 5.01. The zero-order chi connectivity index (χ0) is 12.6. The minimum Gasteiger partial charge on any atom is -0.505 e. The van der Waals surface area contributed by atoms with Crippen molar-refractivity contribution < 1.29 is 9.90 Å². The van der Waals surface area contributed by atoms with Crippen molar-refractivity contribution in [1.82, 2.24) is 0 Å². The Hall–Kier alpha value is -1.88. The molecule has 5 heteroatoms. The molecule has 2 rings (SSSR count). The van der Waals surface area contributed by atoms with Gasteiger partial charge in [0.1, 0.15) is 5.75 Å². The van der Waals surface area contributed by atoms with Crippen LogP contribution >= 0.6 is 12.6 Å². The minimum atomic E-state index is -0.143. The number of nitrogens with two attached hydrogens (primary N) is 1. The van der Waals surface area contributed by atoms with E-state index in [1.54, 1.807) is 24.3 Å². The van der Waals surface area contributed by atoms with Crippen LogP contribution in [0.25, 0.3) is 10.8 Å². The Kier molecular flexibility index (Phi) is 2.85. The summed E-state index contributed by atoms with van der Waals surface area (Å²) in [5.41, 5.74) is 6.60. The fraction of sp³-hybridized carbons (Fsp3) is 0.0833. The Morgan fingerprint density at radius 1 is 1.41 bits per heavy atom. The Balaban J connectivity index is 2.62. The molecule has 0 fully saturated rings. The lowest BCUT2D eigenvalue weighted by molar-refractivity contribution is -0.114. The van der Waals surface area contributed by atoms with Crippen molar-refractivity contribution in [3.63, 3.8) is 0 Å². The van der Waals surface area contributed by atoms with E-state index in [4.69, 9.17) is 5.73 Å². The third-order valence-electron chi connectivity index (χ3n) is 2.45. The smallest absolute Gasteiger partial charge is 0.221 e. The number of amides is 1. The molecule has 4 N–H and O–H groups in total. The zero-order valence-electron chi connectivity index (χ0n) is 9.19. The summed E-state index contributed by atoms with van der Waals surface area (Å²) in [6, 6.07) is 6.93. The second-order valence-electron chi connectivity index (χ2n) is 3.78. The fourth-order valence-corrected chi connectivity index (χ4v) is 1.92. The maximum atomic E-state index is 10.9. The van der Waals surface area contributed by atoms with Crippen LogP contribution in [0, 0.1) is 0 Å².